The van der Waals surface area contributed by atoms with Gasteiger partial charge in [-0.05, 0) is 5.56 Å². The van der Waals surface area contributed by atoms with Crippen LogP contribution in [-0.4, -0.2) is 52.0 Å². The van der Waals surface area contributed by atoms with Gasteiger partial charge in [-0.2, -0.15) is 4.98 Å². The van der Waals surface area contributed by atoms with Crippen LogP contribution in [0.2, 0.25) is 0 Å². The number of nitrogens with two attached hydrogens (primary N) is 1. The molecule has 1 aromatic heterocycles. The van der Waals surface area contributed by atoms with Gasteiger partial charge in [0.2, 0.25) is 11.8 Å². The maximum absolute atomic E-state index is 12.8. The van der Waals surface area contributed by atoms with E-state index >= 15 is 0 Å². The molecule has 7 nitrogen and oxygen atoms in total. The van der Waals surface area contributed by atoms with Crippen LogP contribution in [0.5, 0.6) is 0 Å². The van der Waals surface area contributed by atoms with Crippen molar-refractivity contribution in [1.82, 2.24) is 19.9 Å². The lowest BCUT2D eigenvalue weighted by Gasteiger charge is -2.36. The van der Waals surface area contributed by atoms with Gasteiger partial charge in [-0.25, -0.2) is 0 Å². The summed E-state index contributed by atoms with van der Waals surface area (Å²) in [5, 5.41) is 4.00. The Bertz CT molecular complexity index is 720. The number of rotatable bonds is 6. The molecule has 156 valence electrons. The molecule has 3 rings (SSSR count). The average molecular weight is 430 g/mol. The Labute approximate surface area is 178 Å². The predicted octanol–water partition coefficient (Wildman–Crippen LogP) is 2.46. The highest BCUT2D eigenvalue weighted by Crippen LogP contribution is 2.21. The van der Waals surface area contributed by atoms with E-state index in [0.29, 0.717) is 31.3 Å². The standard InChI is InChI=1S/C19H27N5O2.2ClH/c1-3-17-21-16(22-26-17)13-23-9-11-24(12-10-23)19(25)14(2)18(20)15-7-5-4-6-8-15;;/h4-8,14,18H,3,9-13,20H2,1-2H3;2*1H. The molecule has 2 N–H and O–H groups in total. The van der Waals surface area contributed by atoms with E-state index in [9.17, 15) is 4.79 Å². The molecule has 0 radical (unpaired) electrons. The number of hydrogen-bond acceptors (Lipinski definition) is 6. The zero-order chi connectivity index (χ0) is 18.5. The fourth-order valence-corrected chi connectivity index (χ4v) is 3.23. The summed E-state index contributed by atoms with van der Waals surface area (Å²) in [7, 11) is 0. The lowest BCUT2D eigenvalue weighted by Crippen LogP contribution is -2.50. The molecular weight excluding hydrogens is 401 g/mol. The van der Waals surface area contributed by atoms with Crippen molar-refractivity contribution in [2.24, 2.45) is 11.7 Å². The number of carbonyl (C=O) groups excluding carboxylic acids is 1. The highest BCUT2D eigenvalue weighted by atomic mass is 35.5. The number of halogens is 2. The van der Waals surface area contributed by atoms with E-state index in [1.807, 2.05) is 49.1 Å². The third-order valence-electron chi connectivity index (χ3n) is 4.97. The zero-order valence-corrected chi connectivity index (χ0v) is 17.9. The quantitative estimate of drug-likeness (QED) is 0.758. The monoisotopic (exact) mass is 429 g/mol. The fraction of sp³-hybridized carbons (Fsp3) is 0.526. The van der Waals surface area contributed by atoms with Gasteiger partial charge in [-0.3, -0.25) is 9.69 Å². The first-order valence-corrected chi connectivity index (χ1v) is 9.21. The Morgan fingerprint density at radius 1 is 1.18 bits per heavy atom. The number of benzene rings is 1. The Morgan fingerprint density at radius 3 is 2.39 bits per heavy atom. The first-order chi connectivity index (χ1) is 12.6. The Balaban J connectivity index is 0.00000196. The minimum Gasteiger partial charge on any atom is -0.340 e. The van der Waals surface area contributed by atoms with Crippen molar-refractivity contribution in [3.8, 4) is 0 Å². The van der Waals surface area contributed by atoms with Crippen molar-refractivity contribution in [2.75, 3.05) is 26.2 Å². The van der Waals surface area contributed by atoms with Crippen LogP contribution in [0.4, 0.5) is 0 Å². The van der Waals surface area contributed by atoms with Gasteiger partial charge < -0.3 is 15.2 Å². The number of carbonyl (C=O) groups is 1. The number of hydrogen-bond donors (Lipinski definition) is 1. The third kappa shape index (κ3) is 5.91. The maximum Gasteiger partial charge on any atom is 0.227 e. The van der Waals surface area contributed by atoms with Crippen LogP contribution in [0.15, 0.2) is 34.9 Å². The molecule has 0 bridgehead atoms. The van der Waals surface area contributed by atoms with Crippen LogP contribution in [-0.2, 0) is 17.8 Å². The van der Waals surface area contributed by atoms with Gasteiger partial charge in [0, 0.05) is 38.6 Å². The largest absolute Gasteiger partial charge is 0.340 e. The van der Waals surface area contributed by atoms with E-state index in [1.165, 1.54) is 0 Å². The van der Waals surface area contributed by atoms with Gasteiger partial charge in [0.1, 0.15) is 0 Å². The van der Waals surface area contributed by atoms with Crippen LogP contribution in [0, 0.1) is 5.92 Å². The van der Waals surface area contributed by atoms with Crippen molar-refractivity contribution < 1.29 is 9.32 Å². The first-order valence-electron chi connectivity index (χ1n) is 9.21. The SMILES string of the molecule is CCc1nc(CN2CCN(C(=O)C(C)C(N)c3ccccc3)CC2)no1.Cl.Cl. The summed E-state index contributed by atoms with van der Waals surface area (Å²) >= 11 is 0. The summed E-state index contributed by atoms with van der Waals surface area (Å²) in [6, 6.07) is 9.52. The summed E-state index contributed by atoms with van der Waals surface area (Å²) in [5.41, 5.74) is 7.30. The zero-order valence-electron chi connectivity index (χ0n) is 16.3. The molecule has 2 aromatic rings. The first kappa shape index (κ1) is 24.4. The third-order valence-corrected chi connectivity index (χ3v) is 4.97. The molecule has 0 saturated carbocycles. The lowest BCUT2D eigenvalue weighted by molar-refractivity contribution is -0.137. The topological polar surface area (TPSA) is 88.5 Å². The van der Waals surface area contributed by atoms with Gasteiger partial charge >= 0.3 is 0 Å². The molecule has 1 saturated heterocycles. The molecule has 9 heteroatoms. The summed E-state index contributed by atoms with van der Waals surface area (Å²) in [6.07, 6.45) is 0.745. The molecule has 2 unspecified atom stereocenters. The fourth-order valence-electron chi connectivity index (χ4n) is 3.23. The van der Waals surface area contributed by atoms with Gasteiger partial charge in [0.25, 0.3) is 0 Å². The lowest BCUT2D eigenvalue weighted by atomic mass is 9.94. The predicted molar refractivity (Wildman–Crippen MR) is 113 cm³/mol. The van der Waals surface area contributed by atoms with E-state index in [2.05, 4.69) is 15.0 Å². The van der Waals surface area contributed by atoms with Crippen molar-refractivity contribution in [1.29, 1.82) is 0 Å². The molecule has 1 amide bonds. The molecule has 1 aliphatic rings. The number of amides is 1. The Morgan fingerprint density at radius 2 is 1.82 bits per heavy atom. The van der Waals surface area contributed by atoms with Crippen molar-refractivity contribution in [2.45, 2.75) is 32.9 Å². The van der Waals surface area contributed by atoms with Gasteiger partial charge in [-0.1, -0.05) is 49.3 Å². The molecule has 1 fully saturated rings. The minimum absolute atomic E-state index is 0. The summed E-state index contributed by atoms with van der Waals surface area (Å²) in [4.78, 5) is 21.3. The van der Waals surface area contributed by atoms with Crippen molar-refractivity contribution >= 4 is 30.7 Å². The van der Waals surface area contributed by atoms with Crippen molar-refractivity contribution in [3.63, 3.8) is 0 Å². The second-order valence-electron chi connectivity index (χ2n) is 6.78. The van der Waals surface area contributed by atoms with E-state index in [-0.39, 0.29) is 42.7 Å². The molecule has 28 heavy (non-hydrogen) atoms. The molecule has 0 aliphatic carbocycles. The van der Waals surface area contributed by atoms with Crippen LogP contribution in [0.25, 0.3) is 0 Å². The highest BCUT2D eigenvalue weighted by Gasteiger charge is 2.29. The molecular formula is C19H29Cl2N5O2. The van der Waals surface area contributed by atoms with E-state index in [0.717, 1.165) is 25.1 Å². The molecule has 1 aliphatic heterocycles. The number of piperazine rings is 1. The molecule has 2 heterocycles. The normalized spacial score (nSPS) is 16.6. The summed E-state index contributed by atoms with van der Waals surface area (Å²) in [5.74, 6) is 1.25. The summed E-state index contributed by atoms with van der Waals surface area (Å²) in [6.45, 7) is 7.56. The smallest absolute Gasteiger partial charge is 0.227 e. The maximum atomic E-state index is 12.8. The van der Waals surface area contributed by atoms with E-state index in [1.54, 1.807) is 0 Å². The Hall–Kier alpha value is -1.67. The highest BCUT2D eigenvalue weighted by molar-refractivity contribution is 5.85. The average Bonchev–Trinajstić information content (AvgIpc) is 3.15. The summed E-state index contributed by atoms with van der Waals surface area (Å²) < 4.78 is 5.15. The van der Waals surface area contributed by atoms with Crippen LogP contribution in [0.1, 0.15) is 37.2 Å². The van der Waals surface area contributed by atoms with Crippen LogP contribution in [0.3, 0.4) is 0 Å². The molecule has 2 atom stereocenters. The van der Waals surface area contributed by atoms with Gasteiger partial charge in [0.15, 0.2) is 5.82 Å². The number of nitrogens with zero attached hydrogens (tertiary/aromatic N) is 4. The number of aryl methyl sites for hydroxylation is 1. The number of aromatic nitrogens is 2. The van der Waals surface area contributed by atoms with Crippen LogP contribution >= 0.6 is 24.8 Å². The van der Waals surface area contributed by atoms with E-state index in [4.69, 9.17) is 10.3 Å². The molecule has 1 aromatic carbocycles. The minimum atomic E-state index is -0.284. The Kier molecular flexibility index (Phi) is 9.89. The van der Waals surface area contributed by atoms with Crippen LogP contribution < -0.4 is 5.73 Å². The van der Waals surface area contributed by atoms with Crippen molar-refractivity contribution in [3.05, 3.63) is 47.6 Å². The van der Waals surface area contributed by atoms with Gasteiger partial charge in [0.05, 0.1) is 12.5 Å². The van der Waals surface area contributed by atoms with E-state index < -0.39 is 0 Å². The molecule has 0 spiro atoms. The van der Waals surface area contributed by atoms with Gasteiger partial charge in [-0.15, -0.1) is 24.8 Å². The second-order valence-corrected chi connectivity index (χ2v) is 6.78. The second kappa shape index (κ2) is 11.4.